The molecule has 0 saturated carbocycles. The first-order valence-corrected chi connectivity index (χ1v) is 23.6. The summed E-state index contributed by atoms with van der Waals surface area (Å²) in [5.74, 6) is 1.31. The third-order valence-corrected chi connectivity index (χ3v) is 13.2. The van der Waals surface area contributed by atoms with Crippen LogP contribution in [0.15, 0.2) is 114 Å². The van der Waals surface area contributed by atoms with E-state index in [0.717, 1.165) is 94.2 Å². The minimum atomic E-state index is -4.12. The summed E-state index contributed by atoms with van der Waals surface area (Å²) in [4.78, 5) is 41.5. The van der Waals surface area contributed by atoms with E-state index in [4.69, 9.17) is 14.7 Å². The molecule has 65 heavy (non-hydrogen) atoms. The smallest absolute Gasteiger partial charge is 0.484 e. The molecule has 9 rings (SSSR count). The molecular formula is C50H53BF2N8O3S. The maximum atomic E-state index is 16.1. The van der Waals surface area contributed by atoms with Crippen LogP contribution >= 0.6 is 11.3 Å². The van der Waals surface area contributed by atoms with Crippen LogP contribution in [-0.2, 0) is 22.6 Å². The molecule has 3 aliphatic rings. The number of aryl methyl sites for hydroxylation is 1. The zero-order valence-corrected chi connectivity index (χ0v) is 37.1. The number of ether oxygens (including phenoxy) is 1. The van der Waals surface area contributed by atoms with E-state index in [1.165, 1.54) is 22.6 Å². The number of imidazole rings is 1. The van der Waals surface area contributed by atoms with E-state index in [2.05, 4.69) is 32.7 Å². The lowest BCUT2D eigenvalue weighted by Gasteiger charge is -2.34. The fourth-order valence-corrected chi connectivity index (χ4v) is 9.85. The van der Waals surface area contributed by atoms with Crippen molar-refractivity contribution in [3.8, 4) is 5.75 Å². The highest BCUT2D eigenvalue weighted by atomic mass is 32.1. The highest BCUT2D eigenvalue weighted by Gasteiger charge is 2.52. The highest BCUT2D eigenvalue weighted by molar-refractivity contribution is 7.12. The molecular weight excluding hydrogens is 841 g/mol. The zero-order valence-electron chi connectivity index (χ0n) is 36.3. The van der Waals surface area contributed by atoms with E-state index in [0.29, 0.717) is 54.6 Å². The largest absolute Gasteiger partial charge is 0.737 e. The molecule has 6 aromatic rings. The minimum Gasteiger partial charge on any atom is -0.484 e. The number of unbranched alkanes of at least 4 members (excludes halogenated alkanes) is 3. The van der Waals surface area contributed by atoms with Crippen molar-refractivity contribution in [3.63, 3.8) is 0 Å². The molecule has 2 aliphatic heterocycles. The molecule has 0 unspecified atom stereocenters. The van der Waals surface area contributed by atoms with Gasteiger partial charge in [0.15, 0.2) is 18.0 Å². The summed E-state index contributed by atoms with van der Waals surface area (Å²) in [7, 11) is 0. The SMILES string of the molecule is O=C(CCCCCNC(=O)COc1ccc(/C=C/c2ccc3n2[B-](F)(F)[N+]2=C(c4cccs4)C=CC2=C3)cc1)NCCCCN(Cc1nc2ccccc2[nH]1)[C@H]1CCCc2cccnc21. The summed E-state index contributed by atoms with van der Waals surface area (Å²) < 4.78 is 40.2. The van der Waals surface area contributed by atoms with E-state index < -0.39 is 6.97 Å². The zero-order chi connectivity index (χ0) is 44.6. The molecule has 1 atom stereocenters. The van der Waals surface area contributed by atoms with Gasteiger partial charge in [-0.2, -0.15) is 0 Å². The number of carbonyl (C=O) groups excluding carboxylic acids is 2. The number of fused-ring (bicyclic) bond motifs is 4. The molecule has 2 aromatic carbocycles. The number of nitrogens with zero attached hydrogens (tertiary/aromatic N) is 5. The number of aromatic nitrogens is 4. The maximum absolute atomic E-state index is 16.1. The summed E-state index contributed by atoms with van der Waals surface area (Å²) >= 11 is 1.44. The first-order valence-electron chi connectivity index (χ1n) is 22.7. The molecule has 2 amide bonds. The second kappa shape index (κ2) is 20.2. The first kappa shape index (κ1) is 43.8. The van der Waals surface area contributed by atoms with Crippen molar-refractivity contribution < 1.29 is 27.4 Å². The van der Waals surface area contributed by atoms with Crippen LogP contribution in [0, 0.1) is 0 Å². The monoisotopic (exact) mass is 894 g/mol. The van der Waals surface area contributed by atoms with Crippen molar-refractivity contribution >= 4 is 65.1 Å². The Balaban J connectivity index is 0.654. The molecule has 4 aromatic heterocycles. The summed E-state index contributed by atoms with van der Waals surface area (Å²) in [6, 6.07) is 26.9. The molecule has 334 valence electrons. The van der Waals surface area contributed by atoms with Gasteiger partial charge in [0.2, 0.25) is 5.91 Å². The number of hydrogen-bond donors (Lipinski definition) is 3. The second-order valence-corrected chi connectivity index (χ2v) is 17.8. The van der Waals surface area contributed by atoms with Gasteiger partial charge in [0.1, 0.15) is 11.6 Å². The molecule has 11 nitrogen and oxygen atoms in total. The number of amides is 2. The van der Waals surface area contributed by atoms with Crippen LogP contribution in [0.1, 0.15) is 96.3 Å². The fraction of sp³-hybridized carbons (Fsp3) is 0.300. The third kappa shape index (κ3) is 10.3. The average Bonchev–Trinajstić information content (AvgIpc) is 4.16. The van der Waals surface area contributed by atoms with Crippen LogP contribution in [0.4, 0.5) is 8.63 Å². The first-order chi connectivity index (χ1) is 31.8. The average molecular weight is 895 g/mol. The number of nitrogens with one attached hydrogen (secondary N) is 3. The van der Waals surface area contributed by atoms with Crippen LogP contribution in [-0.4, -0.2) is 79.6 Å². The van der Waals surface area contributed by atoms with Crippen LogP contribution in [0.5, 0.6) is 5.75 Å². The van der Waals surface area contributed by atoms with Gasteiger partial charge in [0, 0.05) is 55.3 Å². The number of para-hydroxylation sites is 2. The lowest BCUT2D eigenvalue weighted by molar-refractivity contribution is -0.360. The van der Waals surface area contributed by atoms with E-state index in [9.17, 15) is 9.59 Å². The quantitative estimate of drug-likeness (QED) is 0.0520. The van der Waals surface area contributed by atoms with Gasteiger partial charge in [-0.1, -0.05) is 48.9 Å². The standard InChI is InChI=1S/C50H53BF2N8O3S/c52-51(53)60-38(22-23-39(60)33-40-24-27-44(61(40)51)46-16-10-32-65-46)21-18-36-19-25-41(26-20-36)64-35-49(63)55-28-5-1-2-17-48(62)54-29-6-7-31-59(34-47-57-42-13-3-4-14-43(42)58-47)45-15-8-11-37-12-9-30-56-50(37)45/h3-4,9-10,12-14,16,18-27,30,32-33,45H,1-2,5-8,11,15,17,28-29,31,34-35H2,(H,54,62)(H,55,63)(H,57,58)/b21-18+/t45-/m0/s1. The molecule has 3 N–H and O–H groups in total. The molecule has 15 heteroatoms. The van der Waals surface area contributed by atoms with Gasteiger partial charge in [-0.3, -0.25) is 19.5 Å². The molecule has 1 aliphatic carbocycles. The number of carbonyl (C=O) groups is 2. The van der Waals surface area contributed by atoms with Crippen molar-refractivity contribution in [2.75, 3.05) is 26.2 Å². The summed E-state index contributed by atoms with van der Waals surface area (Å²) in [6.45, 7) is -1.51. The summed E-state index contributed by atoms with van der Waals surface area (Å²) in [5, 5.41) is 7.87. The predicted octanol–water partition coefficient (Wildman–Crippen LogP) is 9.17. The lowest BCUT2D eigenvalue weighted by atomic mass is 9.90. The normalized spacial score (nSPS) is 16.2. The Hall–Kier alpha value is -6.45. The van der Waals surface area contributed by atoms with Crippen LogP contribution in [0.2, 0.25) is 0 Å². The van der Waals surface area contributed by atoms with Crippen LogP contribution < -0.4 is 15.4 Å². The molecule has 0 saturated heterocycles. The predicted molar refractivity (Wildman–Crippen MR) is 255 cm³/mol. The Morgan fingerprint density at radius 1 is 0.923 bits per heavy atom. The summed E-state index contributed by atoms with van der Waals surface area (Å²) in [6.07, 6.45) is 18.5. The lowest BCUT2D eigenvalue weighted by Crippen LogP contribution is -2.50. The number of pyridine rings is 1. The van der Waals surface area contributed by atoms with Crippen molar-refractivity contribution in [1.82, 2.24) is 35.0 Å². The topological polar surface area (TPSA) is 120 Å². The Labute approximate surface area is 381 Å². The van der Waals surface area contributed by atoms with Gasteiger partial charge in [-0.05, 0) is 123 Å². The molecule has 0 spiro atoms. The second-order valence-electron chi connectivity index (χ2n) is 16.8. The molecule has 6 heterocycles. The number of allylic oxidation sites excluding steroid dienone is 2. The number of benzene rings is 2. The van der Waals surface area contributed by atoms with Gasteiger partial charge in [0.25, 0.3) is 5.91 Å². The van der Waals surface area contributed by atoms with Crippen molar-refractivity contribution in [2.24, 2.45) is 0 Å². The Bertz CT molecular complexity index is 2730. The third-order valence-electron chi connectivity index (χ3n) is 12.3. The Morgan fingerprint density at radius 3 is 2.62 bits per heavy atom. The van der Waals surface area contributed by atoms with Gasteiger partial charge in [-0.25, -0.2) is 4.98 Å². The summed E-state index contributed by atoms with van der Waals surface area (Å²) in [5.41, 5.74) is 7.18. The highest BCUT2D eigenvalue weighted by Crippen LogP contribution is 2.36. The van der Waals surface area contributed by atoms with Crippen LogP contribution in [0.25, 0.3) is 29.3 Å². The van der Waals surface area contributed by atoms with Gasteiger partial charge >= 0.3 is 6.97 Å². The molecule has 0 fully saturated rings. The van der Waals surface area contributed by atoms with Crippen molar-refractivity contribution in [2.45, 2.75) is 70.4 Å². The number of rotatable bonds is 20. The fourth-order valence-electron chi connectivity index (χ4n) is 9.10. The number of aromatic amines is 1. The van der Waals surface area contributed by atoms with Crippen molar-refractivity contribution in [1.29, 1.82) is 0 Å². The maximum Gasteiger partial charge on any atom is 0.737 e. The number of H-pyrrole nitrogens is 1. The molecule has 0 radical (unpaired) electrons. The van der Waals surface area contributed by atoms with E-state index in [-0.39, 0.29) is 24.5 Å². The number of hydrogen-bond acceptors (Lipinski definition) is 7. The number of halogens is 2. The number of thiophene rings is 1. The minimum absolute atomic E-state index is 0.0534. The van der Waals surface area contributed by atoms with E-state index >= 15 is 8.63 Å². The van der Waals surface area contributed by atoms with Crippen molar-refractivity contribution in [3.05, 3.63) is 153 Å². The molecule has 0 bridgehead atoms. The van der Waals surface area contributed by atoms with Gasteiger partial charge in [-0.15, -0.1) is 11.3 Å². The van der Waals surface area contributed by atoms with E-state index in [1.54, 1.807) is 54.6 Å². The van der Waals surface area contributed by atoms with Gasteiger partial charge < -0.3 is 38.0 Å². The Kier molecular flexibility index (Phi) is 13.6. The van der Waals surface area contributed by atoms with E-state index in [1.807, 2.05) is 60.1 Å². The Morgan fingerprint density at radius 2 is 1.77 bits per heavy atom. The van der Waals surface area contributed by atoms with Crippen LogP contribution in [0.3, 0.4) is 0 Å². The van der Waals surface area contributed by atoms with Gasteiger partial charge in [0.05, 0.1) is 34.2 Å².